The molecule has 0 saturated carbocycles. The molecule has 82 valence electrons. The van der Waals surface area contributed by atoms with Crippen molar-refractivity contribution in [2.75, 3.05) is 13.1 Å². The smallest absolute Gasteiger partial charge is 0.0666 e. The molecule has 2 nitrogen and oxygen atoms in total. The van der Waals surface area contributed by atoms with Crippen LogP contribution < -0.4 is 5.32 Å². The SMILES string of the molecule is CCCCC(CC)CNCC(C)C#N. The number of nitrogens with zero attached hydrogens (tertiary/aromatic N) is 1. The minimum absolute atomic E-state index is 0.138. The summed E-state index contributed by atoms with van der Waals surface area (Å²) in [6.45, 7) is 8.34. The number of unbranched alkanes of at least 4 members (excludes halogenated alkanes) is 1. The molecule has 0 amide bonds. The van der Waals surface area contributed by atoms with Crippen LogP contribution in [0.1, 0.15) is 46.5 Å². The summed E-state index contributed by atoms with van der Waals surface area (Å²) in [5, 5.41) is 12.0. The molecule has 0 aromatic carbocycles. The largest absolute Gasteiger partial charge is 0.315 e. The van der Waals surface area contributed by atoms with Crippen LogP contribution in [0.4, 0.5) is 0 Å². The van der Waals surface area contributed by atoms with Gasteiger partial charge < -0.3 is 5.32 Å². The van der Waals surface area contributed by atoms with Crippen molar-refractivity contribution >= 4 is 0 Å². The zero-order valence-electron chi connectivity index (χ0n) is 9.84. The number of hydrogen-bond donors (Lipinski definition) is 1. The van der Waals surface area contributed by atoms with Crippen LogP contribution >= 0.6 is 0 Å². The number of nitriles is 1. The lowest BCUT2D eigenvalue weighted by atomic mass is 9.99. The standard InChI is InChI=1S/C12H24N2/c1-4-6-7-12(5-2)10-14-9-11(3)8-13/h11-12,14H,4-7,9-10H2,1-3H3. The highest BCUT2D eigenvalue weighted by atomic mass is 14.9. The van der Waals surface area contributed by atoms with Gasteiger partial charge in [-0.2, -0.15) is 5.26 Å². The van der Waals surface area contributed by atoms with E-state index >= 15 is 0 Å². The fourth-order valence-corrected chi connectivity index (χ4v) is 1.49. The molecule has 2 unspecified atom stereocenters. The van der Waals surface area contributed by atoms with Gasteiger partial charge in [-0.1, -0.05) is 33.1 Å². The van der Waals surface area contributed by atoms with Gasteiger partial charge in [0, 0.05) is 6.54 Å². The Hall–Kier alpha value is -0.550. The van der Waals surface area contributed by atoms with Gasteiger partial charge in [-0.05, 0) is 25.8 Å². The van der Waals surface area contributed by atoms with Gasteiger partial charge in [0.1, 0.15) is 0 Å². The molecule has 0 heterocycles. The fraction of sp³-hybridized carbons (Fsp3) is 0.917. The van der Waals surface area contributed by atoms with Crippen molar-refractivity contribution < 1.29 is 0 Å². The van der Waals surface area contributed by atoms with Crippen molar-refractivity contribution in [3.8, 4) is 6.07 Å². The van der Waals surface area contributed by atoms with Crippen molar-refractivity contribution in [1.29, 1.82) is 5.26 Å². The van der Waals surface area contributed by atoms with E-state index in [2.05, 4.69) is 25.2 Å². The summed E-state index contributed by atoms with van der Waals surface area (Å²) >= 11 is 0. The van der Waals surface area contributed by atoms with Crippen LogP contribution in [0.5, 0.6) is 0 Å². The highest BCUT2D eigenvalue weighted by Gasteiger charge is 2.06. The molecule has 0 spiro atoms. The summed E-state index contributed by atoms with van der Waals surface area (Å²) in [6, 6.07) is 2.24. The maximum Gasteiger partial charge on any atom is 0.0666 e. The Kier molecular flexibility index (Phi) is 8.67. The fourth-order valence-electron chi connectivity index (χ4n) is 1.49. The summed E-state index contributed by atoms with van der Waals surface area (Å²) in [5.74, 6) is 0.930. The topological polar surface area (TPSA) is 35.8 Å². The number of hydrogen-bond acceptors (Lipinski definition) is 2. The van der Waals surface area contributed by atoms with Crippen molar-refractivity contribution in [1.82, 2.24) is 5.32 Å². The van der Waals surface area contributed by atoms with Gasteiger partial charge in [0.25, 0.3) is 0 Å². The van der Waals surface area contributed by atoms with Gasteiger partial charge in [0.05, 0.1) is 12.0 Å². The first-order valence-electron chi connectivity index (χ1n) is 5.84. The minimum atomic E-state index is 0.138. The zero-order valence-corrected chi connectivity index (χ0v) is 9.84. The van der Waals surface area contributed by atoms with Crippen molar-refractivity contribution in [2.24, 2.45) is 11.8 Å². The second kappa shape index (κ2) is 9.02. The summed E-state index contributed by atoms with van der Waals surface area (Å²) in [7, 11) is 0. The summed E-state index contributed by atoms with van der Waals surface area (Å²) in [4.78, 5) is 0. The molecule has 0 aromatic heterocycles. The molecule has 0 aromatic rings. The highest BCUT2D eigenvalue weighted by molar-refractivity contribution is 4.80. The number of nitrogens with one attached hydrogen (secondary N) is 1. The molecule has 14 heavy (non-hydrogen) atoms. The van der Waals surface area contributed by atoms with Crippen LogP contribution in [0, 0.1) is 23.2 Å². The summed E-state index contributed by atoms with van der Waals surface area (Å²) < 4.78 is 0. The normalized spacial score (nSPS) is 14.7. The van der Waals surface area contributed by atoms with Crippen molar-refractivity contribution in [3.05, 3.63) is 0 Å². The summed E-state index contributed by atoms with van der Waals surface area (Å²) in [5.41, 5.74) is 0. The molecule has 0 aliphatic rings. The molecule has 0 aliphatic carbocycles. The second-order valence-electron chi connectivity index (χ2n) is 4.10. The van der Waals surface area contributed by atoms with E-state index in [1.54, 1.807) is 0 Å². The first-order valence-corrected chi connectivity index (χ1v) is 5.84. The lowest BCUT2D eigenvalue weighted by Crippen LogP contribution is -2.26. The molecule has 1 N–H and O–H groups in total. The predicted molar refractivity (Wildman–Crippen MR) is 61.0 cm³/mol. The quantitative estimate of drug-likeness (QED) is 0.648. The Balaban J connectivity index is 3.48. The lowest BCUT2D eigenvalue weighted by molar-refractivity contribution is 0.412. The van der Waals surface area contributed by atoms with E-state index in [4.69, 9.17) is 5.26 Å². The molecular weight excluding hydrogens is 172 g/mol. The Morgan fingerprint density at radius 3 is 2.50 bits per heavy atom. The molecule has 0 saturated heterocycles. The third kappa shape index (κ3) is 6.91. The van der Waals surface area contributed by atoms with Crippen LogP contribution in [-0.4, -0.2) is 13.1 Å². The van der Waals surface area contributed by atoms with Crippen molar-refractivity contribution in [3.63, 3.8) is 0 Å². The Morgan fingerprint density at radius 1 is 1.29 bits per heavy atom. The molecule has 0 rings (SSSR count). The molecule has 0 fully saturated rings. The molecule has 0 bridgehead atoms. The molecule has 2 heteroatoms. The Labute approximate surface area is 88.7 Å². The maximum absolute atomic E-state index is 8.61. The zero-order chi connectivity index (χ0) is 10.8. The third-order valence-electron chi connectivity index (χ3n) is 2.65. The Morgan fingerprint density at radius 2 is 2.00 bits per heavy atom. The minimum Gasteiger partial charge on any atom is -0.315 e. The van der Waals surface area contributed by atoms with Crippen LogP contribution in [0.2, 0.25) is 0 Å². The van der Waals surface area contributed by atoms with E-state index in [0.29, 0.717) is 0 Å². The van der Waals surface area contributed by atoms with E-state index in [0.717, 1.165) is 19.0 Å². The average molecular weight is 196 g/mol. The van der Waals surface area contributed by atoms with Gasteiger partial charge in [0.15, 0.2) is 0 Å². The van der Waals surface area contributed by atoms with Crippen LogP contribution in [-0.2, 0) is 0 Å². The highest BCUT2D eigenvalue weighted by Crippen LogP contribution is 2.11. The van der Waals surface area contributed by atoms with Gasteiger partial charge in [0.2, 0.25) is 0 Å². The predicted octanol–water partition coefficient (Wildman–Crippen LogP) is 2.95. The van der Waals surface area contributed by atoms with Gasteiger partial charge >= 0.3 is 0 Å². The van der Waals surface area contributed by atoms with E-state index in [-0.39, 0.29) is 5.92 Å². The number of rotatable bonds is 8. The van der Waals surface area contributed by atoms with E-state index in [1.807, 2.05) is 6.92 Å². The molecule has 2 atom stereocenters. The van der Waals surface area contributed by atoms with Crippen LogP contribution in [0.25, 0.3) is 0 Å². The molecule has 0 aliphatic heterocycles. The maximum atomic E-state index is 8.61. The summed E-state index contributed by atoms with van der Waals surface area (Å²) in [6.07, 6.45) is 5.17. The van der Waals surface area contributed by atoms with E-state index < -0.39 is 0 Å². The van der Waals surface area contributed by atoms with Gasteiger partial charge in [-0.25, -0.2) is 0 Å². The first kappa shape index (κ1) is 13.4. The van der Waals surface area contributed by atoms with Gasteiger partial charge in [-0.15, -0.1) is 0 Å². The average Bonchev–Trinajstić information content (AvgIpc) is 2.22. The van der Waals surface area contributed by atoms with Gasteiger partial charge in [-0.3, -0.25) is 0 Å². The third-order valence-corrected chi connectivity index (χ3v) is 2.65. The van der Waals surface area contributed by atoms with E-state index in [1.165, 1.54) is 25.7 Å². The second-order valence-corrected chi connectivity index (χ2v) is 4.10. The molecule has 0 radical (unpaired) electrons. The van der Waals surface area contributed by atoms with E-state index in [9.17, 15) is 0 Å². The molecular formula is C12H24N2. The van der Waals surface area contributed by atoms with Crippen LogP contribution in [0.15, 0.2) is 0 Å². The monoisotopic (exact) mass is 196 g/mol. The van der Waals surface area contributed by atoms with Crippen LogP contribution in [0.3, 0.4) is 0 Å². The Bertz CT molecular complexity index is 160. The van der Waals surface area contributed by atoms with Crippen molar-refractivity contribution in [2.45, 2.75) is 46.5 Å². The first-order chi connectivity index (χ1) is 6.74. The lowest BCUT2D eigenvalue weighted by Gasteiger charge is -2.15.